The number of hydrazone groups is 1. The summed E-state index contributed by atoms with van der Waals surface area (Å²) in [5, 5.41) is 24.7. The van der Waals surface area contributed by atoms with Gasteiger partial charge in [-0.3, -0.25) is 4.79 Å². The minimum Gasteiger partial charge on any atom is -0.496 e. The second-order valence-electron chi connectivity index (χ2n) is 14.5. The van der Waals surface area contributed by atoms with E-state index < -0.39 is 11.5 Å². The summed E-state index contributed by atoms with van der Waals surface area (Å²) in [6.45, 7) is 11.4. The Hall–Kier alpha value is -4.38. The molecule has 0 aliphatic heterocycles. The molecular formula is C39H51ClN6O6. The van der Waals surface area contributed by atoms with Gasteiger partial charge < -0.3 is 24.8 Å². The van der Waals surface area contributed by atoms with E-state index in [1.807, 2.05) is 44.2 Å². The Bertz CT molecular complexity index is 1770. The molecule has 0 atom stereocenters. The molecule has 4 aliphatic carbocycles. The topological polar surface area (TPSA) is 139 Å². The van der Waals surface area contributed by atoms with Gasteiger partial charge in [0.1, 0.15) is 11.5 Å². The lowest BCUT2D eigenvalue weighted by molar-refractivity contribution is -0.160. The Labute approximate surface area is 311 Å². The van der Waals surface area contributed by atoms with Gasteiger partial charge in [-0.1, -0.05) is 38.9 Å². The fourth-order valence-corrected chi connectivity index (χ4v) is 9.33. The summed E-state index contributed by atoms with van der Waals surface area (Å²) in [6, 6.07) is 12.8. The van der Waals surface area contributed by atoms with Crippen LogP contribution >= 0.6 is 12.4 Å². The number of aromatic nitrogens is 2. The highest BCUT2D eigenvalue weighted by molar-refractivity contribution is 5.96. The number of anilines is 1. The van der Waals surface area contributed by atoms with Gasteiger partial charge in [0.25, 0.3) is 12.0 Å². The number of carbonyl (C=O) groups is 2. The summed E-state index contributed by atoms with van der Waals surface area (Å²) in [4.78, 5) is 41.5. The zero-order valence-electron chi connectivity index (χ0n) is 30.9. The van der Waals surface area contributed by atoms with Crippen molar-refractivity contribution in [3.63, 3.8) is 0 Å². The number of nitrogens with one attached hydrogen (secondary N) is 1. The van der Waals surface area contributed by atoms with Crippen molar-refractivity contribution in [3.05, 3.63) is 53.6 Å². The third-order valence-corrected chi connectivity index (χ3v) is 11.6. The quantitative estimate of drug-likeness (QED) is 0.102. The van der Waals surface area contributed by atoms with Gasteiger partial charge >= 0.3 is 5.97 Å². The molecule has 3 aromatic rings. The first kappa shape index (κ1) is 38.8. The van der Waals surface area contributed by atoms with Crippen molar-refractivity contribution < 1.29 is 29.0 Å². The Morgan fingerprint density at radius 2 is 1.63 bits per heavy atom. The van der Waals surface area contributed by atoms with E-state index in [1.165, 1.54) is 5.01 Å². The number of aliphatic carboxylic acids is 1. The number of hydrogen-bond acceptors (Lipinski definition) is 9. The first-order chi connectivity index (χ1) is 24.6. The number of halogens is 1. The molecule has 0 unspecified atom stereocenters. The van der Waals surface area contributed by atoms with Gasteiger partial charge in [-0.15, -0.1) is 17.5 Å². The van der Waals surface area contributed by atoms with E-state index in [0.29, 0.717) is 52.4 Å². The maximum atomic E-state index is 13.6. The van der Waals surface area contributed by atoms with E-state index >= 15 is 0 Å². The van der Waals surface area contributed by atoms with Gasteiger partial charge in [-0.2, -0.15) is 0 Å². The van der Waals surface area contributed by atoms with Crippen LogP contribution < -0.4 is 19.8 Å². The van der Waals surface area contributed by atoms with Crippen LogP contribution in [0.1, 0.15) is 81.6 Å². The Kier molecular flexibility index (Phi) is 12.0. The fraction of sp³-hybridized carbons (Fsp3) is 0.538. The van der Waals surface area contributed by atoms with Gasteiger partial charge in [-0.05, 0) is 111 Å². The molecule has 1 amide bonds. The number of methoxy groups -OCH3 is 2. The zero-order chi connectivity index (χ0) is 36.4. The van der Waals surface area contributed by atoms with Crippen molar-refractivity contribution in [1.82, 2.24) is 20.0 Å². The molecule has 7 rings (SSSR count). The average Bonchev–Trinajstić information content (AvgIpc) is 3.56. The van der Waals surface area contributed by atoms with E-state index in [-0.39, 0.29) is 41.9 Å². The SMILES string of the molecule is CCN(CC)CCNC(=O)c1ccc(-n2nc(N(N=C=O)C3(C(=O)O)C4CC5CC(C4)CC3C5)cc2-c2c(OC)cccc2OC)cc1C(C)C.Cl. The number of carboxylic acid groups (broad SMARTS) is 1. The van der Waals surface area contributed by atoms with Gasteiger partial charge in [0.05, 0.1) is 31.2 Å². The molecule has 12 nitrogen and oxygen atoms in total. The predicted octanol–water partition coefficient (Wildman–Crippen LogP) is 6.51. The zero-order valence-corrected chi connectivity index (χ0v) is 31.7. The number of hydrogen-bond donors (Lipinski definition) is 2. The number of amides is 1. The number of nitrogens with zero attached hydrogens (tertiary/aromatic N) is 5. The van der Waals surface area contributed by atoms with Crippen LogP contribution in [0.2, 0.25) is 0 Å². The third-order valence-electron chi connectivity index (χ3n) is 11.6. The minimum atomic E-state index is -1.44. The van der Waals surface area contributed by atoms with E-state index in [0.717, 1.165) is 57.3 Å². The fourth-order valence-electron chi connectivity index (χ4n) is 9.33. The van der Waals surface area contributed by atoms with E-state index in [1.54, 1.807) is 37.1 Å². The first-order valence-corrected chi connectivity index (χ1v) is 18.2. The Balaban J connectivity index is 0.00000523. The van der Waals surface area contributed by atoms with Crippen LogP contribution in [0, 0.1) is 23.7 Å². The highest BCUT2D eigenvalue weighted by Gasteiger charge is 2.65. The molecule has 280 valence electrons. The molecule has 2 N–H and O–H groups in total. The van der Waals surface area contributed by atoms with Gasteiger partial charge in [0.15, 0.2) is 11.4 Å². The maximum absolute atomic E-state index is 13.6. The smallest absolute Gasteiger partial charge is 0.332 e. The number of rotatable bonds is 15. The van der Waals surface area contributed by atoms with Crippen LogP contribution in [0.4, 0.5) is 5.82 Å². The van der Waals surface area contributed by atoms with Crippen LogP contribution in [0.5, 0.6) is 11.5 Å². The second kappa shape index (κ2) is 16.1. The summed E-state index contributed by atoms with van der Waals surface area (Å²) in [5.74, 6) is 0.668. The molecule has 4 fully saturated rings. The molecule has 1 aromatic heterocycles. The molecule has 0 saturated heterocycles. The van der Waals surface area contributed by atoms with Crippen LogP contribution in [0.25, 0.3) is 16.9 Å². The largest absolute Gasteiger partial charge is 0.496 e. The highest BCUT2D eigenvalue weighted by Crippen LogP contribution is 2.61. The van der Waals surface area contributed by atoms with E-state index in [4.69, 9.17) is 14.6 Å². The van der Waals surface area contributed by atoms with Crippen molar-refractivity contribution in [2.24, 2.45) is 28.8 Å². The van der Waals surface area contributed by atoms with Gasteiger partial charge in [0, 0.05) is 24.7 Å². The molecule has 2 aromatic carbocycles. The van der Waals surface area contributed by atoms with Crippen molar-refractivity contribution in [2.75, 3.05) is 45.4 Å². The van der Waals surface area contributed by atoms with Gasteiger partial charge in [0.2, 0.25) is 0 Å². The van der Waals surface area contributed by atoms with Crippen LogP contribution in [0.15, 0.2) is 47.6 Å². The van der Waals surface area contributed by atoms with Crippen molar-refractivity contribution in [2.45, 2.75) is 71.3 Å². The summed E-state index contributed by atoms with van der Waals surface area (Å²) in [5.41, 5.74) is 1.73. The number of ether oxygens (including phenoxy) is 2. The third kappa shape index (κ3) is 6.79. The second-order valence-corrected chi connectivity index (χ2v) is 14.5. The molecule has 4 saturated carbocycles. The van der Waals surface area contributed by atoms with E-state index in [9.17, 15) is 19.5 Å². The number of carboxylic acids is 1. The van der Waals surface area contributed by atoms with Crippen LogP contribution in [-0.4, -0.2) is 83.7 Å². The van der Waals surface area contributed by atoms with Crippen molar-refractivity contribution >= 4 is 36.2 Å². The number of likely N-dealkylation sites (N-methyl/N-ethyl adjacent to an activating group) is 1. The first-order valence-electron chi connectivity index (χ1n) is 18.2. The normalized spacial score (nSPS) is 22.8. The molecule has 4 bridgehead atoms. The van der Waals surface area contributed by atoms with Gasteiger partial charge in [-0.25, -0.2) is 19.3 Å². The molecule has 4 aliphatic rings. The lowest BCUT2D eigenvalue weighted by Crippen LogP contribution is -2.69. The predicted molar refractivity (Wildman–Crippen MR) is 202 cm³/mol. The minimum absolute atomic E-state index is 0. The summed E-state index contributed by atoms with van der Waals surface area (Å²) >= 11 is 0. The molecule has 13 heteroatoms. The molecule has 0 radical (unpaired) electrons. The number of isocyanates is 1. The van der Waals surface area contributed by atoms with Crippen molar-refractivity contribution in [1.29, 1.82) is 0 Å². The number of benzene rings is 2. The van der Waals surface area contributed by atoms with Crippen LogP contribution in [0.3, 0.4) is 0 Å². The highest BCUT2D eigenvalue weighted by atomic mass is 35.5. The monoisotopic (exact) mass is 734 g/mol. The van der Waals surface area contributed by atoms with E-state index in [2.05, 4.69) is 29.2 Å². The summed E-state index contributed by atoms with van der Waals surface area (Å²) in [7, 11) is 3.14. The average molecular weight is 735 g/mol. The summed E-state index contributed by atoms with van der Waals surface area (Å²) in [6.07, 6.45) is 5.90. The standard InChI is InChI=1S/C39H50N6O6.ClH/c1-7-43(8-2)15-14-40-37(47)30-13-12-29(21-31(30)24(3)4)44-32(36-33(50-5)10-9-11-34(36)51-6)22-35(42-44)45(41-23-46)39(38(48)49)27-17-25-16-26(19-27)20-28(39)18-25;/h9-13,21-22,24-28H,7-8,14-20H2,1-6H3,(H,40,47)(H,48,49);1H. The van der Waals surface area contributed by atoms with Crippen molar-refractivity contribution in [3.8, 4) is 28.4 Å². The molecular weight excluding hydrogens is 684 g/mol. The Morgan fingerprint density at radius 1 is 1.02 bits per heavy atom. The van der Waals surface area contributed by atoms with Crippen LogP contribution in [-0.2, 0) is 9.59 Å². The number of carbonyl (C=O) groups excluding carboxylic acids is 2. The lowest BCUT2D eigenvalue weighted by atomic mass is 9.48. The molecule has 0 spiro atoms. The molecule has 52 heavy (non-hydrogen) atoms. The maximum Gasteiger partial charge on any atom is 0.332 e. The molecule has 1 heterocycles. The summed E-state index contributed by atoms with van der Waals surface area (Å²) < 4.78 is 13.3. The lowest BCUT2D eigenvalue weighted by Gasteiger charge is -2.60. The Morgan fingerprint density at radius 3 is 2.15 bits per heavy atom.